The average molecular weight is 305 g/mol. The SMILES string of the molecule is CCCC(COC)Nc1cc(C(F)(F)F)cc(NCC)n1. The number of rotatable bonds is 8. The van der Waals surface area contributed by atoms with Crippen molar-refractivity contribution < 1.29 is 17.9 Å². The van der Waals surface area contributed by atoms with Gasteiger partial charge in [0.05, 0.1) is 18.2 Å². The highest BCUT2D eigenvalue weighted by atomic mass is 19.4. The van der Waals surface area contributed by atoms with Crippen molar-refractivity contribution in [3.8, 4) is 0 Å². The zero-order valence-electron chi connectivity index (χ0n) is 12.5. The Labute approximate surface area is 123 Å². The van der Waals surface area contributed by atoms with Crippen LogP contribution in [0.3, 0.4) is 0 Å². The lowest BCUT2D eigenvalue weighted by atomic mass is 10.1. The molecule has 0 fully saturated rings. The zero-order chi connectivity index (χ0) is 15.9. The summed E-state index contributed by atoms with van der Waals surface area (Å²) in [5, 5.41) is 5.83. The lowest BCUT2D eigenvalue weighted by molar-refractivity contribution is -0.137. The van der Waals surface area contributed by atoms with Gasteiger partial charge in [-0.25, -0.2) is 4.98 Å². The lowest BCUT2D eigenvalue weighted by Crippen LogP contribution is -2.25. The third-order valence-corrected chi connectivity index (χ3v) is 2.87. The molecule has 4 nitrogen and oxygen atoms in total. The van der Waals surface area contributed by atoms with E-state index in [1.807, 2.05) is 6.92 Å². The van der Waals surface area contributed by atoms with Crippen molar-refractivity contribution in [2.75, 3.05) is 30.9 Å². The van der Waals surface area contributed by atoms with Crippen LogP contribution < -0.4 is 10.6 Å². The van der Waals surface area contributed by atoms with Crippen molar-refractivity contribution in [3.05, 3.63) is 17.7 Å². The number of nitrogens with one attached hydrogen (secondary N) is 2. The first-order valence-electron chi connectivity index (χ1n) is 6.99. The monoisotopic (exact) mass is 305 g/mol. The first kappa shape index (κ1) is 17.6. The summed E-state index contributed by atoms with van der Waals surface area (Å²) in [4.78, 5) is 4.16. The fourth-order valence-electron chi connectivity index (χ4n) is 2.00. The zero-order valence-corrected chi connectivity index (χ0v) is 12.5. The van der Waals surface area contributed by atoms with Gasteiger partial charge in [-0.1, -0.05) is 13.3 Å². The van der Waals surface area contributed by atoms with Gasteiger partial charge in [0.25, 0.3) is 0 Å². The summed E-state index contributed by atoms with van der Waals surface area (Å²) in [5.41, 5.74) is -0.719. The van der Waals surface area contributed by atoms with Gasteiger partial charge in [0.2, 0.25) is 0 Å². The Morgan fingerprint density at radius 1 is 1.24 bits per heavy atom. The third-order valence-electron chi connectivity index (χ3n) is 2.87. The first-order chi connectivity index (χ1) is 9.90. The van der Waals surface area contributed by atoms with E-state index in [1.54, 1.807) is 14.0 Å². The molecule has 7 heteroatoms. The van der Waals surface area contributed by atoms with Crippen molar-refractivity contribution in [2.45, 2.75) is 38.9 Å². The Balaban J connectivity index is 3.01. The predicted molar refractivity (Wildman–Crippen MR) is 77.6 cm³/mol. The summed E-state index contributed by atoms with van der Waals surface area (Å²) in [6, 6.07) is 1.98. The van der Waals surface area contributed by atoms with Gasteiger partial charge in [0, 0.05) is 13.7 Å². The molecule has 0 spiro atoms. The number of hydrogen-bond donors (Lipinski definition) is 2. The molecular formula is C14H22F3N3O. The molecule has 0 bridgehead atoms. The average Bonchev–Trinajstić information content (AvgIpc) is 2.38. The van der Waals surface area contributed by atoms with E-state index in [0.29, 0.717) is 13.2 Å². The van der Waals surface area contributed by atoms with E-state index in [9.17, 15) is 13.2 Å². The molecule has 0 aromatic carbocycles. The van der Waals surface area contributed by atoms with Gasteiger partial charge in [0.1, 0.15) is 11.6 Å². The minimum absolute atomic E-state index is 0.0644. The molecule has 0 amide bonds. The number of nitrogens with zero attached hydrogens (tertiary/aromatic N) is 1. The molecule has 0 saturated heterocycles. The Morgan fingerprint density at radius 2 is 1.90 bits per heavy atom. The molecule has 1 aromatic rings. The van der Waals surface area contributed by atoms with Crippen LogP contribution >= 0.6 is 0 Å². The van der Waals surface area contributed by atoms with E-state index >= 15 is 0 Å². The van der Waals surface area contributed by atoms with Crippen LogP contribution in [0.2, 0.25) is 0 Å². The van der Waals surface area contributed by atoms with E-state index in [-0.39, 0.29) is 17.7 Å². The summed E-state index contributed by atoms with van der Waals surface area (Å²) in [6.07, 6.45) is -2.70. The predicted octanol–water partition coefficient (Wildman–Crippen LogP) is 3.76. The van der Waals surface area contributed by atoms with E-state index < -0.39 is 11.7 Å². The molecule has 21 heavy (non-hydrogen) atoms. The van der Waals surface area contributed by atoms with Crippen LogP contribution in [0.1, 0.15) is 32.3 Å². The number of aromatic nitrogens is 1. The van der Waals surface area contributed by atoms with Gasteiger partial charge in [-0.15, -0.1) is 0 Å². The topological polar surface area (TPSA) is 46.2 Å². The third kappa shape index (κ3) is 5.79. The summed E-state index contributed by atoms with van der Waals surface area (Å²) in [5.74, 6) is 0.416. The van der Waals surface area contributed by atoms with Gasteiger partial charge >= 0.3 is 6.18 Å². The van der Waals surface area contributed by atoms with Crippen molar-refractivity contribution in [3.63, 3.8) is 0 Å². The summed E-state index contributed by atoms with van der Waals surface area (Å²) in [6.45, 7) is 4.74. The van der Waals surface area contributed by atoms with Gasteiger partial charge in [-0.3, -0.25) is 0 Å². The molecular weight excluding hydrogens is 283 g/mol. The van der Waals surface area contributed by atoms with Crippen molar-refractivity contribution in [1.29, 1.82) is 0 Å². The fraction of sp³-hybridized carbons (Fsp3) is 0.643. The van der Waals surface area contributed by atoms with E-state index in [1.165, 1.54) is 0 Å². The highest BCUT2D eigenvalue weighted by Gasteiger charge is 2.31. The number of alkyl halides is 3. The molecule has 0 aliphatic carbocycles. The van der Waals surface area contributed by atoms with Gasteiger partial charge in [-0.2, -0.15) is 13.2 Å². The molecule has 0 aliphatic rings. The standard InChI is InChI=1S/C14H22F3N3O/c1-4-6-11(9-21-3)19-13-8-10(14(15,16)17)7-12(20-13)18-5-2/h7-8,11H,4-6,9H2,1-3H3,(H2,18,19,20). The smallest absolute Gasteiger partial charge is 0.383 e. The molecule has 1 atom stereocenters. The maximum Gasteiger partial charge on any atom is 0.416 e. The minimum atomic E-state index is -4.40. The summed E-state index contributed by atoms with van der Waals surface area (Å²) >= 11 is 0. The van der Waals surface area contributed by atoms with Crippen molar-refractivity contribution >= 4 is 11.6 Å². The molecule has 1 aromatic heterocycles. The van der Waals surface area contributed by atoms with Crippen LogP contribution in [-0.2, 0) is 10.9 Å². The normalized spacial score (nSPS) is 13.0. The van der Waals surface area contributed by atoms with Crippen LogP contribution in [0.4, 0.5) is 24.8 Å². The Morgan fingerprint density at radius 3 is 2.43 bits per heavy atom. The van der Waals surface area contributed by atoms with Gasteiger partial charge in [0.15, 0.2) is 0 Å². The number of halogens is 3. The summed E-state index contributed by atoms with van der Waals surface area (Å²) < 4.78 is 43.8. The van der Waals surface area contributed by atoms with Gasteiger partial charge in [-0.05, 0) is 25.5 Å². The maximum atomic E-state index is 12.9. The highest BCUT2D eigenvalue weighted by Crippen LogP contribution is 2.32. The first-order valence-corrected chi connectivity index (χ1v) is 6.99. The van der Waals surface area contributed by atoms with Crippen LogP contribution in [-0.4, -0.2) is 31.3 Å². The molecule has 1 rings (SSSR count). The van der Waals surface area contributed by atoms with Crippen LogP contribution in [0, 0.1) is 0 Å². The largest absolute Gasteiger partial charge is 0.416 e. The minimum Gasteiger partial charge on any atom is -0.383 e. The van der Waals surface area contributed by atoms with Crippen molar-refractivity contribution in [1.82, 2.24) is 4.98 Å². The fourth-order valence-corrected chi connectivity index (χ4v) is 2.00. The van der Waals surface area contributed by atoms with Gasteiger partial charge < -0.3 is 15.4 Å². The number of methoxy groups -OCH3 is 1. The molecule has 0 saturated carbocycles. The Kier molecular flexibility index (Phi) is 6.74. The number of hydrogen-bond acceptors (Lipinski definition) is 4. The molecule has 0 aliphatic heterocycles. The summed E-state index contributed by atoms with van der Waals surface area (Å²) in [7, 11) is 1.56. The number of anilines is 2. The highest BCUT2D eigenvalue weighted by molar-refractivity contribution is 5.50. The van der Waals surface area contributed by atoms with E-state index in [0.717, 1.165) is 25.0 Å². The second-order valence-corrected chi connectivity index (χ2v) is 4.74. The second-order valence-electron chi connectivity index (χ2n) is 4.74. The number of ether oxygens (including phenoxy) is 1. The Hall–Kier alpha value is -1.50. The molecule has 120 valence electrons. The molecule has 1 unspecified atom stereocenters. The van der Waals surface area contributed by atoms with Crippen molar-refractivity contribution in [2.24, 2.45) is 0 Å². The Bertz CT molecular complexity index is 432. The van der Waals surface area contributed by atoms with Crippen LogP contribution in [0.25, 0.3) is 0 Å². The van der Waals surface area contributed by atoms with E-state index in [2.05, 4.69) is 15.6 Å². The maximum absolute atomic E-state index is 12.9. The molecule has 2 N–H and O–H groups in total. The second kappa shape index (κ2) is 8.07. The molecule has 0 radical (unpaired) electrons. The number of pyridine rings is 1. The lowest BCUT2D eigenvalue weighted by Gasteiger charge is -2.19. The van der Waals surface area contributed by atoms with Crippen LogP contribution in [0.5, 0.6) is 0 Å². The van der Waals surface area contributed by atoms with Crippen LogP contribution in [0.15, 0.2) is 12.1 Å². The molecule has 1 heterocycles. The quantitative estimate of drug-likeness (QED) is 0.767. The van der Waals surface area contributed by atoms with E-state index in [4.69, 9.17) is 4.74 Å².